The number of aliphatic hydroxyl groups excluding tert-OH is 3. The van der Waals surface area contributed by atoms with E-state index in [2.05, 4.69) is 15.3 Å². The maximum Gasteiger partial charge on any atom is 0.217 e. The van der Waals surface area contributed by atoms with Gasteiger partial charge in [0.15, 0.2) is 6.29 Å². The summed E-state index contributed by atoms with van der Waals surface area (Å²) in [5.41, 5.74) is 8.09. The summed E-state index contributed by atoms with van der Waals surface area (Å²) in [6.07, 6.45) is -4.76. The summed E-state index contributed by atoms with van der Waals surface area (Å²) in [7, 11) is 0. The first-order valence-electron chi connectivity index (χ1n) is 8.18. The predicted molar refractivity (Wildman–Crippen MR) is 87.0 cm³/mol. The molecule has 0 unspecified atom stereocenters. The van der Waals surface area contributed by atoms with Crippen LogP contribution in [0.1, 0.15) is 6.92 Å². The number of rotatable bonds is 12. The Morgan fingerprint density at radius 3 is 2.46 bits per heavy atom. The minimum absolute atomic E-state index is 0.0977. The summed E-state index contributed by atoms with van der Waals surface area (Å²) in [5, 5.41) is 35.0. The summed E-state index contributed by atoms with van der Waals surface area (Å²) in [4.78, 5) is 13.9. The van der Waals surface area contributed by atoms with E-state index in [1.807, 2.05) is 0 Å². The van der Waals surface area contributed by atoms with Crippen LogP contribution in [0.15, 0.2) is 5.11 Å². The number of hydrogen-bond donors (Lipinski definition) is 4. The van der Waals surface area contributed by atoms with Crippen LogP contribution in [0.2, 0.25) is 0 Å². The Kier molecular flexibility index (Phi) is 11.1. The smallest absolute Gasteiger partial charge is 0.217 e. The Labute approximate surface area is 150 Å². The number of nitrogens with zero attached hydrogens (tertiary/aromatic N) is 3. The van der Waals surface area contributed by atoms with Crippen molar-refractivity contribution in [3.8, 4) is 0 Å². The van der Waals surface area contributed by atoms with Gasteiger partial charge in [-0.05, 0) is 5.53 Å². The third kappa shape index (κ3) is 7.81. The van der Waals surface area contributed by atoms with Gasteiger partial charge < -0.3 is 39.6 Å². The first-order valence-corrected chi connectivity index (χ1v) is 8.18. The molecule has 0 aromatic rings. The topological polar surface area (TPSA) is 175 Å². The van der Waals surface area contributed by atoms with Crippen LogP contribution in [-0.4, -0.2) is 98.1 Å². The minimum atomic E-state index is -1.35. The van der Waals surface area contributed by atoms with E-state index in [1.165, 1.54) is 6.92 Å². The monoisotopic (exact) mass is 378 g/mol. The van der Waals surface area contributed by atoms with Crippen molar-refractivity contribution in [2.45, 2.75) is 37.6 Å². The van der Waals surface area contributed by atoms with E-state index in [9.17, 15) is 20.1 Å². The third-order valence-electron chi connectivity index (χ3n) is 3.53. The standard InChI is InChI=1S/C14H26N4O8/c1-9(20)17-11-13(22)12(21)10(8-19)26-14(11)25-7-6-24-5-4-23-3-2-16-18-15/h10-14,19,21-22H,2-8H2,1H3,(H,17,20)/t10-,11-,12+,13+,14+/m1/s1. The third-order valence-corrected chi connectivity index (χ3v) is 3.53. The molecule has 1 amide bonds. The van der Waals surface area contributed by atoms with E-state index >= 15 is 0 Å². The molecule has 150 valence electrons. The van der Waals surface area contributed by atoms with Crippen molar-refractivity contribution in [2.75, 3.05) is 46.2 Å². The molecule has 4 N–H and O–H groups in total. The summed E-state index contributed by atoms with van der Waals surface area (Å²) in [5.74, 6) is -0.421. The van der Waals surface area contributed by atoms with Gasteiger partial charge in [-0.1, -0.05) is 5.11 Å². The Morgan fingerprint density at radius 1 is 1.19 bits per heavy atom. The molecule has 1 heterocycles. The average molecular weight is 378 g/mol. The minimum Gasteiger partial charge on any atom is -0.394 e. The van der Waals surface area contributed by atoms with Crippen molar-refractivity contribution in [1.29, 1.82) is 0 Å². The number of azide groups is 1. The van der Waals surface area contributed by atoms with Gasteiger partial charge in [0.2, 0.25) is 5.91 Å². The van der Waals surface area contributed by atoms with Crippen LogP contribution >= 0.6 is 0 Å². The highest BCUT2D eigenvalue weighted by molar-refractivity contribution is 5.73. The largest absolute Gasteiger partial charge is 0.394 e. The van der Waals surface area contributed by atoms with E-state index in [1.54, 1.807) is 0 Å². The molecule has 1 aliphatic rings. The fraction of sp³-hybridized carbons (Fsp3) is 0.929. The number of carbonyl (C=O) groups is 1. The normalized spacial score (nSPS) is 28.4. The maximum atomic E-state index is 11.3. The molecule has 12 nitrogen and oxygen atoms in total. The Morgan fingerprint density at radius 2 is 1.85 bits per heavy atom. The van der Waals surface area contributed by atoms with Crippen LogP contribution in [0.25, 0.3) is 10.4 Å². The van der Waals surface area contributed by atoms with Gasteiger partial charge in [0.1, 0.15) is 24.4 Å². The molecule has 0 saturated carbocycles. The molecule has 1 aliphatic heterocycles. The molecule has 0 aliphatic carbocycles. The van der Waals surface area contributed by atoms with E-state index in [4.69, 9.17) is 24.5 Å². The van der Waals surface area contributed by atoms with Gasteiger partial charge in [-0.2, -0.15) is 0 Å². The Hall–Kier alpha value is -1.50. The van der Waals surface area contributed by atoms with Crippen LogP contribution in [-0.2, 0) is 23.7 Å². The van der Waals surface area contributed by atoms with Crippen molar-refractivity contribution in [2.24, 2.45) is 5.11 Å². The molecule has 1 fully saturated rings. The van der Waals surface area contributed by atoms with Crippen molar-refractivity contribution in [3.05, 3.63) is 10.4 Å². The predicted octanol–water partition coefficient (Wildman–Crippen LogP) is -1.71. The first kappa shape index (κ1) is 22.5. The number of amides is 1. The van der Waals surface area contributed by atoms with Crippen LogP contribution < -0.4 is 5.32 Å². The summed E-state index contributed by atoms with van der Waals surface area (Å²) >= 11 is 0. The van der Waals surface area contributed by atoms with E-state index in [-0.39, 0.29) is 19.8 Å². The van der Waals surface area contributed by atoms with Crippen molar-refractivity contribution in [3.63, 3.8) is 0 Å². The number of aliphatic hydroxyl groups is 3. The van der Waals surface area contributed by atoms with Crippen LogP contribution in [0.4, 0.5) is 0 Å². The summed E-state index contributed by atoms with van der Waals surface area (Å²) < 4.78 is 21.3. The molecular weight excluding hydrogens is 352 g/mol. The Bertz CT molecular complexity index is 462. The highest BCUT2D eigenvalue weighted by atomic mass is 16.7. The number of carbonyl (C=O) groups excluding carboxylic acids is 1. The van der Waals surface area contributed by atoms with Gasteiger partial charge in [-0.3, -0.25) is 4.79 Å². The molecule has 1 rings (SSSR count). The molecule has 0 bridgehead atoms. The molecule has 1 saturated heterocycles. The molecule has 0 radical (unpaired) electrons. The molecule has 0 aromatic heterocycles. The molecule has 0 spiro atoms. The number of hydrogen-bond acceptors (Lipinski definition) is 9. The van der Waals surface area contributed by atoms with Crippen molar-refractivity contribution < 1.29 is 39.1 Å². The second kappa shape index (κ2) is 12.8. The first-order chi connectivity index (χ1) is 12.5. The van der Waals surface area contributed by atoms with Crippen LogP contribution in [0, 0.1) is 0 Å². The molecule has 12 heteroatoms. The zero-order chi connectivity index (χ0) is 19.4. The lowest BCUT2D eigenvalue weighted by molar-refractivity contribution is -0.272. The Balaban J connectivity index is 2.30. The quantitative estimate of drug-likeness (QED) is 0.134. The lowest BCUT2D eigenvalue weighted by atomic mass is 9.97. The molecule has 0 aromatic carbocycles. The van der Waals surface area contributed by atoms with E-state index < -0.39 is 43.2 Å². The highest BCUT2D eigenvalue weighted by Gasteiger charge is 2.45. The maximum absolute atomic E-state index is 11.3. The lowest BCUT2D eigenvalue weighted by Gasteiger charge is -2.42. The van der Waals surface area contributed by atoms with Crippen LogP contribution in [0.5, 0.6) is 0 Å². The highest BCUT2D eigenvalue weighted by Crippen LogP contribution is 2.22. The summed E-state index contributed by atoms with van der Waals surface area (Å²) in [6, 6.07) is -0.977. The van der Waals surface area contributed by atoms with Gasteiger partial charge in [-0.25, -0.2) is 0 Å². The van der Waals surface area contributed by atoms with E-state index in [0.29, 0.717) is 19.8 Å². The van der Waals surface area contributed by atoms with Crippen LogP contribution in [0.3, 0.4) is 0 Å². The SMILES string of the molecule is CC(=O)N[C@H]1[C@@H](OCCOCCOCCN=[N+]=[N-])O[C@H](CO)[C@H](O)[C@H]1O. The second-order valence-electron chi connectivity index (χ2n) is 5.48. The van der Waals surface area contributed by atoms with Gasteiger partial charge in [0.25, 0.3) is 0 Å². The van der Waals surface area contributed by atoms with Gasteiger partial charge in [0, 0.05) is 18.4 Å². The van der Waals surface area contributed by atoms with Gasteiger partial charge >= 0.3 is 0 Å². The summed E-state index contributed by atoms with van der Waals surface area (Å²) in [6.45, 7) is 2.25. The number of nitrogens with one attached hydrogen (secondary N) is 1. The fourth-order valence-electron chi connectivity index (χ4n) is 2.31. The second-order valence-corrected chi connectivity index (χ2v) is 5.48. The molecular formula is C14H26N4O8. The lowest BCUT2D eigenvalue weighted by Crippen LogP contribution is -2.64. The average Bonchev–Trinajstić information content (AvgIpc) is 2.62. The van der Waals surface area contributed by atoms with Crippen molar-refractivity contribution in [1.82, 2.24) is 5.32 Å². The van der Waals surface area contributed by atoms with Gasteiger partial charge in [-0.15, -0.1) is 0 Å². The molecule has 5 atom stereocenters. The van der Waals surface area contributed by atoms with Crippen molar-refractivity contribution >= 4 is 5.91 Å². The number of ether oxygens (including phenoxy) is 4. The fourth-order valence-corrected chi connectivity index (χ4v) is 2.31. The van der Waals surface area contributed by atoms with E-state index in [0.717, 1.165) is 0 Å². The van der Waals surface area contributed by atoms with Gasteiger partial charge in [0.05, 0.1) is 39.6 Å². The zero-order valence-electron chi connectivity index (χ0n) is 14.6. The zero-order valence-corrected chi connectivity index (χ0v) is 14.6. The molecule has 26 heavy (non-hydrogen) atoms.